The van der Waals surface area contributed by atoms with Gasteiger partial charge in [0.2, 0.25) is 5.91 Å². The summed E-state index contributed by atoms with van der Waals surface area (Å²) in [5.74, 6) is 0.126. The third-order valence-electron chi connectivity index (χ3n) is 3.36. The van der Waals surface area contributed by atoms with Gasteiger partial charge in [-0.05, 0) is 38.2 Å². The van der Waals surface area contributed by atoms with Crippen LogP contribution in [-0.4, -0.2) is 52.1 Å². The minimum absolute atomic E-state index is 0.126. The summed E-state index contributed by atoms with van der Waals surface area (Å²) in [7, 11) is 7.75. The van der Waals surface area contributed by atoms with E-state index in [-0.39, 0.29) is 5.91 Å². The monoisotopic (exact) mass is 262 g/mol. The van der Waals surface area contributed by atoms with Crippen LogP contribution in [-0.2, 0) is 11.2 Å². The van der Waals surface area contributed by atoms with E-state index in [9.17, 15) is 4.79 Å². The molecule has 0 aliphatic carbocycles. The first-order valence-corrected chi connectivity index (χ1v) is 6.45. The number of rotatable bonds is 3. The number of carbonyl (C=O) groups is 1. The Bertz CT molecular complexity index is 496. The average Bonchev–Trinajstić information content (AvgIpc) is 2.69. The number of hydrogen-bond acceptors (Lipinski definition) is 4. The van der Waals surface area contributed by atoms with E-state index in [2.05, 4.69) is 6.07 Å². The number of nitrogens with zero attached hydrogens (tertiary/aromatic N) is 3. The number of carbonyl (C=O) groups excluding carboxylic acids is 1. The molecule has 1 aromatic rings. The van der Waals surface area contributed by atoms with E-state index in [1.54, 1.807) is 0 Å². The molecule has 1 aliphatic heterocycles. The van der Waals surface area contributed by atoms with Crippen molar-refractivity contribution >= 4 is 23.0 Å². The van der Waals surface area contributed by atoms with Gasteiger partial charge in [0.15, 0.2) is 0 Å². The summed E-state index contributed by atoms with van der Waals surface area (Å²) < 4.78 is 0. The van der Waals surface area contributed by atoms with Crippen LogP contribution >= 0.6 is 0 Å². The molecule has 1 aliphatic rings. The molecule has 2 rings (SSSR count). The molecule has 0 spiro atoms. The van der Waals surface area contributed by atoms with Crippen molar-refractivity contribution in [3.63, 3.8) is 0 Å². The number of nitrogens with two attached hydrogens (primary N) is 1. The van der Waals surface area contributed by atoms with Crippen molar-refractivity contribution in [3.8, 4) is 0 Å². The Morgan fingerprint density at radius 3 is 2.58 bits per heavy atom. The van der Waals surface area contributed by atoms with Crippen LogP contribution in [0.4, 0.5) is 17.1 Å². The second-order valence-electron chi connectivity index (χ2n) is 5.47. The topological polar surface area (TPSA) is 52.8 Å². The highest BCUT2D eigenvalue weighted by Crippen LogP contribution is 2.35. The van der Waals surface area contributed by atoms with E-state index in [0.29, 0.717) is 12.2 Å². The summed E-state index contributed by atoms with van der Waals surface area (Å²) >= 11 is 0. The predicted octanol–water partition coefficient (Wildman–Crippen LogP) is 0.785. The number of amides is 1. The molecule has 104 valence electrons. The first-order chi connectivity index (χ1) is 8.90. The molecule has 5 heteroatoms. The van der Waals surface area contributed by atoms with E-state index >= 15 is 0 Å². The molecular weight excluding hydrogens is 240 g/mol. The summed E-state index contributed by atoms with van der Waals surface area (Å²) in [6.07, 6.45) is 0.898. The van der Waals surface area contributed by atoms with Crippen molar-refractivity contribution < 1.29 is 4.79 Å². The number of anilines is 3. The second kappa shape index (κ2) is 5.09. The number of benzene rings is 1. The van der Waals surface area contributed by atoms with Crippen molar-refractivity contribution in [2.75, 3.05) is 56.8 Å². The predicted molar refractivity (Wildman–Crippen MR) is 79.8 cm³/mol. The zero-order chi connectivity index (χ0) is 14.2. The first-order valence-electron chi connectivity index (χ1n) is 6.45. The maximum Gasteiger partial charge on any atom is 0.241 e. The molecule has 0 unspecified atom stereocenters. The van der Waals surface area contributed by atoms with Crippen molar-refractivity contribution in [1.82, 2.24) is 4.90 Å². The Hall–Kier alpha value is -1.75. The van der Waals surface area contributed by atoms with E-state index in [4.69, 9.17) is 5.73 Å². The van der Waals surface area contributed by atoms with E-state index in [1.165, 1.54) is 5.56 Å². The van der Waals surface area contributed by atoms with Gasteiger partial charge in [-0.25, -0.2) is 0 Å². The standard InChI is InChI=1S/C14H22N4O/c1-16(2)9-14(19)18-6-5-10-7-13(17(3)4)11(15)8-12(10)18/h7-8H,5-6,9,15H2,1-4H3. The van der Waals surface area contributed by atoms with Crippen LogP contribution in [0.2, 0.25) is 0 Å². The lowest BCUT2D eigenvalue weighted by molar-refractivity contribution is -0.119. The number of nitrogen functional groups attached to an aromatic ring is 1. The van der Waals surface area contributed by atoms with Gasteiger partial charge in [0.05, 0.1) is 17.9 Å². The number of fused-ring (bicyclic) bond motifs is 1. The molecule has 0 atom stereocenters. The number of hydrogen-bond donors (Lipinski definition) is 1. The highest BCUT2D eigenvalue weighted by atomic mass is 16.2. The maximum atomic E-state index is 12.2. The Kier molecular flexibility index (Phi) is 3.66. The Balaban J connectivity index is 2.30. The SMILES string of the molecule is CN(C)CC(=O)N1CCc2cc(N(C)C)c(N)cc21. The molecule has 2 N–H and O–H groups in total. The van der Waals surface area contributed by atoms with Crippen LogP contribution in [0.3, 0.4) is 0 Å². The normalized spacial score (nSPS) is 13.8. The highest BCUT2D eigenvalue weighted by molar-refractivity contribution is 5.98. The summed E-state index contributed by atoms with van der Waals surface area (Å²) in [5.41, 5.74) is 9.97. The van der Waals surface area contributed by atoms with Crippen molar-refractivity contribution in [2.45, 2.75) is 6.42 Å². The Morgan fingerprint density at radius 1 is 1.32 bits per heavy atom. The lowest BCUT2D eigenvalue weighted by Crippen LogP contribution is -2.36. The smallest absolute Gasteiger partial charge is 0.241 e. The second-order valence-corrected chi connectivity index (χ2v) is 5.47. The minimum atomic E-state index is 0.126. The Morgan fingerprint density at radius 2 is 2.00 bits per heavy atom. The zero-order valence-electron chi connectivity index (χ0n) is 12.1. The van der Waals surface area contributed by atoms with Gasteiger partial charge in [-0.15, -0.1) is 0 Å². The van der Waals surface area contributed by atoms with Gasteiger partial charge < -0.3 is 20.4 Å². The van der Waals surface area contributed by atoms with Crippen molar-refractivity contribution in [3.05, 3.63) is 17.7 Å². The van der Waals surface area contributed by atoms with Crippen molar-refractivity contribution in [2.24, 2.45) is 0 Å². The summed E-state index contributed by atoms with van der Waals surface area (Å²) in [5, 5.41) is 0. The lowest BCUT2D eigenvalue weighted by Gasteiger charge is -2.22. The first kappa shape index (κ1) is 13.7. The fourth-order valence-corrected chi connectivity index (χ4v) is 2.44. The molecule has 0 bridgehead atoms. The van der Waals surface area contributed by atoms with Gasteiger partial charge in [0.25, 0.3) is 0 Å². The van der Waals surface area contributed by atoms with Crippen LogP contribution < -0.4 is 15.5 Å². The van der Waals surface area contributed by atoms with E-state index in [0.717, 1.165) is 24.3 Å². The summed E-state index contributed by atoms with van der Waals surface area (Å²) in [6.45, 7) is 1.17. The van der Waals surface area contributed by atoms with E-state index < -0.39 is 0 Å². The van der Waals surface area contributed by atoms with Crippen molar-refractivity contribution in [1.29, 1.82) is 0 Å². The quantitative estimate of drug-likeness (QED) is 0.818. The van der Waals surface area contributed by atoms with Crippen LogP contribution in [0.1, 0.15) is 5.56 Å². The summed E-state index contributed by atoms with van der Waals surface area (Å²) in [6, 6.07) is 4.01. The molecule has 1 heterocycles. The minimum Gasteiger partial charge on any atom is -0.397 e. The fourth-order valence-electron chi connectivity index (χ4n) is 2.44. The molecule has 0 saturated carbocycles. The molecule has 1 amide bonds. The molecule has 19 heavy (non-hydrogen) atoms. The van der Waals surface area contributed by atoms with Crippen LogP contribution in [0.25, 0.3) is 0 Å². The molecule has 0 fully saturated rings. The van der Waals surface area contributed by atoms with Gasteiger partial charge in [-0.3, -0.25) is 4.79 Å². The lowest BCUT2D eigenvalue weighted by atomic mass is 10.1. The molecule has 1 aromatic carbocycles. The largest absolute Gasteiger partial charge is 0.397 e. The third-order valence-corrected chi connectivity index (χ3v) is 3.36. The van der Waals surface area contributed by atoms with Gasteiger partial charge in [0, 0.05) is 26.3 Å². The molecule has 0 radical (unpaired) electrons. The van der Waals surface area contributed by atoms with Gasteiger partial charge >= 0.3 is 0 Å². The fraction of sp³-hybridized carbons (Fsp3) is 0.500. The molecule has 0 aromatic heterocycles. The molecule has 5 nitrogen and oxygen atoms in total. The summed E-state index contributed by atoms with van der Waals surface area (Å²) in [4.78, 5) is 17.9. The average molecular weight is 262 g/mol. The van der Waals surface area contributed by atoms with E-state index in [1.807, 2.05) is 49.0 Å². The van der Waals surface area contributed by atoms with Crippen LogP contribution in [0.15, 0.2) is 12.1 Å². The molecule has 0 saturated heterocycles. The van der Waals surface area contributed by atoms with Gasteiger partial charge in [-0.2, -0.15) is 0 Å². The van der Waals surface area contributed by atoms with Crippen LogP contribution in [0.5, 0.6) is 0 Å². The highest BCUT2D eigenvalue weighted by Gasteiger charge is 2.26. The van der Waals surface area contributed by atoms with Gasteiger partial charge in [-0.1, -0.05) is 0 Å². The zero-order valence-corrected chi connectivity index (χ0v) is 12.1. The molecular formula is C14H22N4O. The van der Waals surface area contributed by atoms with Gasteiger partial charge in [0.1, 0.15) is 0 Å². The Labute approximate surface area is 114 Å². The maximum absolute atomic E-state index is 12.2. The number of likely N-dealkylation sites (N-methyl/N-ethyl adjacent to an activating group) is 1. The third kappa shape index (κ3) is 2.66. The van der Waals surface area contributed by atoms with Crippen LogP contribution in [0, 0.1) is 0 Å².